The van der Waals surface area contributed by atoms with Crippen LogP contribution in [0, 0.1) is 0 Å². The summed E-state index contributed by atoms with van der Waals surface area (Å²) in [5, 5.41) is 0. The van der Waals surface area contributed by atoms with Crippen molar-refractivity contribution in [1.82, 2.24) is 0 Å². The summed E-state index contributed by atoms with van der Waals surface area (Å²) in [6.45, 7) is 4.87. The number of hydrogen-bond donors (Lipinski definition) is 1. The van der Waals surface area contributed by atoms with Crippen LogP contribution in [0.5, 0.6) is 0 Å². The monoisotopic (exact) mass is 416 g/mol. The molecular weight excluding hydrogens is 390 g/mol. The number of benzene rings is 2. The summed E-state index contributed by atoms with van der Waals surface area (Å²) in [6.07, 6.45) is 2.83. The summed E-state index contributed by atoms with van der Waals surface area (Å²) in [4.78, 5) is 0. The van der Waals surface area contributed by atoms with Crippen molar-refractivity contribution < 1.29 is 26.7 Å². The molecule has 1 N–H and O–H groups in total. The van der Waals surface area contributed by atoms with E-state index in [2.05, 4.69) is 0 Å². The van der Waals surface area contributed by atoms with Gasteiger partial charge in [-0.2, -0.15) is 13.0 Å². The predicted molar refractivity (Wildman–Crippen MR) is 113 cm³/mol. The SMILES string of the molecule is CCOC(=Cc1oc2ccc(-c3ccccc3)cc2[n+]1CCCS(=O)(=O)O)CC. The molecule has 0 aliphatic heterocycles. The first-order valence-corrected chi connectivity index (χ1v) is 11.3. The number of rotatable bonds is 9. The Hall–Kier alpha value is -2.64. The van der Waals surface area contributed by atoms with Gasteiger partial charge < -0.3 is 9.15 Å². The van der Waals surface area contributed by atoms with Crippen molar-refractivity contribution in [3.63, 3.8) is 0 Å². The molecule has 2 aromatic carbocycles. The maximum absolute atomic E-state index is 11.1. The molecule has 0 atom stereocenters. The van der Waals surface area contributed by atoms with E-state index < -0.39 is 10.1 Å². The van der Waals surface area contributed by atoms with E-state index in [1.807, 2.05) is 73.0 Å². The van der Waals surface area contributed by atoms with Gasteiger partial charge in [0.05, 0.1) is 18.4 Å². The Bertz CT molecular complexity index is 1100. The summed E-state index contributed by atoms with van der Waals surface area (Å²) >= 11 is 0. The zero-order chi connectivity index (χ0) is 20.9. The topological polar surface area (TPSA) is 80.6 Å². The third-order valence-corrected chi connectivity index (χ3v) is 5.39. The molecule has 0 fully saturated rings. The molecule has 6 nitrogen and oxygen atoms in total. The van der Waals surface area contributed by atoms with Crippen molar-refractivity contribution in [3.8, 4) is 11.1 Å². The molecule has 7 heteroatoms. The van der Waals surface area contributed by atoms with Gasteiger partial charge in [-0.15, -0.1) is 0 Å². The van der Waals surface area contributed by atoms with Crippen molar-refractivity contribution in [2.75, 3.05) is 12.4 Å². The highest BCUT2D eigenvalue weighted by Gasteiger charge is 2.23. The minimum Gasteiger partial charge on any atom is -0.498 e. The zero-order valence-corrected chi connectivity index (χ0v) is 17.5. The molecule has 0 saturated heterocycles. The first kappa shape index (κ1) is 21.1. The van der Waals surface area contributed by atoms with Crippen molar-refractivity contribution >= 4 is 27.3 Å². The Morgan fingerprint density at radius 1 is 1.14 bits per heavy atom. The molecule has 29 heavy (non-hydrogen) atoms. The van der Waals surface area contributed by atoms with Crippen molar-refractivity contribution in [2.45, 2.75) is 33.2 Å². The number of oxazole rings is 1. The number of ether oxygens (including phenoxy) is 1. The van der Waals surface area contributed by atoms with E-state index in [9.17, 15) is 8.42 Å². The first-order valence-electron chi connectivity index (χ1n) is 9.71. The van der Waals surface area contributed by atoms with Crippen molar-refractivity contribution in [1.29, 1.82) is 0 Å². The van der Waals surface area contributed by atoms with Gasteiger partial charge in [0.1, 0.15) is 5.76 Å². The van der Waals surface area contributed by atoms with Crippen LogP contribution in [0.1, 0.15) is 32.6 Å². The Balaban J connectivity index is 2.07. The van der Waals surface area contributed by atoms with E-state index in [-0.39, 0.29) is 12.2 Å². The molecule has 1 heterocycles. The van der Waals surface area contributed by atoms with Gasteiger partial charge in [-0.05, 0) is 24.1 Å². The predicted octanol–water partition coefficient (Wildman–Crippen LogP) is 4.45. The molecule has 0 aliphatic carbocycles. The van der Waals surface area contributed by atoms with Gasteiger partial charge >= 0.3 is 5.89 Å². The van der Waals surface area contributed by atoms with Crippen LogP contribution < -0.4 is 4.57 Å². The van der Waals surface area contributed by atoms with E-state index in [0.717, 1.165) is 22.4 Å². The number of aromatic nitrogens is 1. The van der Waals surface area contributed by atoms with Crippen LogP contribution in [0.15, 0.2) is 58.7 Å². The quantitative estimate of drug-likeness (QED) is 0.317. The van der Waals surface area contributed by atoms with Crippen molar-refractivity contribution in [2.24, 2.45) is 0 Å². The van der Waals surface area contributed by atoms with Gasteiger partial charge in [0.2, 0.25) is 5.58 Å². The molecule has 0 bridgehead atoms. The number of fused-ring (bicyclic) bond motifs is 1. The summed E-state index contributed by atoms with van der Waals surface area (Å²) in [6, 6.07) is 16.0. The van der Waals surface area contributed by atoms with E-state index >= 15 is 0 Å². The second-order valence-electron chi connectivity index (χ2n) is 6.68. The van der Waals surface area contributed by atoms with E-state index in [0.29, 0.717) is 31.0 Å². The van der Waals surface area contributed by atoms with Crippen LogP contribution in [0.2, 0.25) is 0 Å². The Labute approximate surface area is 171 Å². The van der Waals surface area contributed by atoms with Gasteiger partial charge in [-0.25, -0.2) is 0 Å². The van der Waals surface area contributed by atoms with Crippen LogP contribution in [0.25, 0.3) is 28.3 Å². The lowest BCUT2D eigenvalue weighted by atomic mass is 10.1. The molecule has 0 saturated carbocycles. The Kier molecular flexibility index (Phi) is 6.71. The van der Waals surface area contributed by atoms with Gasteiger partial charge in [-0.1, -0.05) is 43.3 Å². The second-order valence-corrected chi connectivity index (χ2v) is 8.25. The van der Waals surface area contributed by atoms with Crippen LogP contribution in [0.4, 0.5) is 0 Å². The first-order chi connectivity index (χ1) is 13.9. The Morgan fingerprint density at radius 2 is 1.90 bits per heavy atom. The number of nitrogens with zero attached hydrogens (tertiary/aromatic N) is 1. The molecule has 0 spiro atoms. The van der Waals surface area contributed by atoms with E-state index in [4.69, 9.17) is 13.7 Å². The van der Waals surface area contributed by atoms with Crippen LogP contribution in [-0.4, -0.2) is 25.3 Å². The number of allylic oxidation sites excluding steroid dienone is 1. The van der Waals surface area contributed by atoms with Crippen molar-refractivity contribution in [3.05, 3.63) is 60.2 Å². The maximum Gasteiger partial charge on any atom is 0.377 e. The third kappa shape index (κ3) is 5.46. The highest BCUT2D eigenvalue weighted by molar-refractivity contribution is 7.85. The molecule has 0 aliphatic rings. The standard InChI is InChI=1S/C22H25NO5S/c1-3-19(27-4-2)16-22-23(13-8-14-29(24,25)26)20-15-18(11-12-21(20)28-22)17-9-6-5-7-10-17/h5-7,9-12,15-16H,3-4,8,13-14H2,1-2H3/p+1. The van der Waals surface area contributed by atoms with E-state index in [1.165, 1.54) is 0 Å². The second kappa shape index (κ2) is 9.24. The summed E-state index contributed by atoms with van der Waals surface area (Å²) in [5.74, 6) is 1.07. The minimum atomic E-state index is -4.01. The molecule has 3 rings (SSSR count). The third-order valence-electron chi connectivity index (χ3n) is 4.58. The summed E-state index contributed by atoms with van der Waals surface area (Å²) in [7, 11) is -4.01. The van der Waals surface area contributed by atoms with Gasteiger partial charge in [-0.3, -0.25) is 4.55 Å². The fourth-order valence-corrected chi connectivity index (χ4v) is 3.72. The fraction of sp³-hybridized carbons (Fsp3) is 0.318. The average molecular weight is 417 g/mol. The lowest BCUT2D eigenvalue weighted by Gasteiger charge is -2.03. The van der Waals surface area contributed by atoms with Gasteiger partial charge in [0, 0.05) is 18.9 Å². The van der Waals surface area contributed by atoms with Crippen LogP contribution in [0.3, 0.4) is 0 Å². The van der Waals surface area contributed by atoms with E-state index in [1.54, 1.807) is 0 Å². The highest BCUT2D eigenvalue weighted by atomic mass is 32.2. The molecule has 0 unspecified atom stereocenters. The smallest absolute Gasteiger partial charge is 0.377 e. The summed E-state index contributed by atoms with van der Waals surface area (Å²) in [5.41, 5.74) is 3.69. The average Bonchev–Trinajstić information content (AvgIpc) is 3.04. The molecule has 3 aromatic rings. The largest absolute Gasteiger partial charge is 0.498 e. The molecule has 154 valence electrons. The molecule has 0 radical (unpaired) electrons. The maximum atomic E-state index is 11.1. The van der Waals surface area contributed by atoms with Crippen LogP contribution in [-0.2, 0) is 21.4 Å². The summed E-state index contributed by atoms with van der Waals surface area (Å²) < 4.78 is 45.0. The minimum absolute atomic E-state index is 0.268. The van der Waals surface area contributed by atoms with Crippen LogP contribution >= 0.6 is 0 Å². The highest BCUT2D eigenvalue weighted by Crippen LogP contribution is 2.25. The fourth-order valence-electron chi connectivity index (χ4n) is 3.22. The van der Waals surface area contributed by atoms with Gasteiger partial charge in [0.15, 0.2) is 6.54 Å². The zero-order valence-electron chi connectivity index (χ0n) is 16.7. The lowest BCUT2D eigenvalue weighted by molar-refractivity contribution is -0.677. The number of hydrogen-bond acceptors (Lipinski definition) is 4. The molecular formula is C22H26NO5S+. The van der Waals surface area contributed by atoms with Gasteiger partial charge in [0.25, 0.3) is 15.6 Å². The normalized spacial score (nSPS) is 12.4. The number of aryl methyl sites for hydroxylation is 1. The molecule has 1 aromatic heterocycles. The lowest BCUT2D eigenvalue weighted by Crippen LogP contribution is -2.36. The molecule has 0 amide bonds. The Morgan fingerprint density at radius 3 is 2.55 bits per heavy atom.